The SMILES string of the molecule is CC1CCCN(C(=O)c2cncc(N3CCCc4ccccc43)c2)C1. The van der Waals surface area contributed by atoms with E-state index in [0.717, 1.165) is 44.6 Å². The summed E-state index contributed by atoms with van der Waals surface area (Å²) in [4.78, 5) is 21.6. The normalized spacial score (nSPS) is 20.3. The molecule has 1 atom stereocenters. The molecule has 2 aromatic rings. The number of anilines is 2. The zero-order valence-corrected chi connectivity index (χ0v) is 14.8. The van der Waals surface area contributed by atoms with Crippen molar-refractivity contribution in [3.63, 3.8) is 0 Å². The minimum atomic E-state index is 0.117. The molecule has 130 valence electrons. The number of piperidine rings is 1. The molecule has 0 saturated carbocycles. The van der Waals surface area contributed by atoms with Gasteiger partial charge in [0.05, 0.1) is 17.4 Å². The van der Waals surface area contributed by atoms with Crippen molar-refractivity contribution < 1.29 is 4.79 Å². The van der Waals surface area contributed by atoms with Crippen LogP contribution in [0.15, 0.2) is 42.7 Å². The van der Waals surface area contributed by atoms with Crippen LogP contribution in [0.25, 0.3) is 0 Å². The van der Waals surface area contributed by atoms with Gasteiger partial charge < -0.3 is 9.80 Å². The van der Waals surface area contributed by atoms with Gasteiger partial charge in [-0.3, -0.25) is 9.78 Å². The van der Waals surface area contributed by atoms with Gasteiger partial charge in [0, 0.05) is 31.5 Å². The van der Waals surface area contributed by atoms with Crippen molar-refractivity contribution in [1.82, 2.24) is 9.88 Å². The van der Waals surface area contributed by atoms with Crippen LogP contribution in [0, 0.1) is 5.92 Å². The summed E-state index contributed by atoms with van der Waals surface area (Å²) in [5.41, 5.74) is 4.33. The fourth-order valence-corrected chi connectivity index (χ4v) is 4.05. The number of hydrogen-bond acceptors (Lipinski definition) is 3. The number of fused-ring (bicyclic) bond motifs is 1. The molecule has 1 unspecified atom stereocenters. The first-order valence-electron chi connectivity index (χ1n) is 9.32. The van der Waals surface area contributed by atoms with Crippen molar-refractivity contribution >= 4 is 17.3 Å². The highest BCUT2D eigenvalue weighted by molar-refractivity contribution is 5.95. The Balaban J connectivity index is 1.61. The molecule has 1 fully saturated rings. The van der Waals surface area contributed by atoms with E-state index in [1.807, 2.05) is 17.2 Å². The standard InChI is InChI=1S/C21H25N3O/c1-16-6-4-10-23(15-16)21(25)18-12-19(14-22-13-18)24-11-5-8-17-7-2-3-9-20(17)24/h2-3,7,9,12-14,16H,4-6,8,10-11,15H2,1H3. The second-order valence-electron chi connectivity index (χ2n) is 7.31. The Morgan fingerprint density at radius 3 is 2.92 bits per heavy atom. The summed E-state index contributed by atoms with van der Waals surface area (Å²) in [5.74, 6) is 0.703. The van der Waals surface area contributed by atoms with E-state index in [9.17, 15) is 4.79 Å². The number of carbonyl (C=O) groups is 1. The zero-order chi connectivity index (χ0) is 17.2. The second-order valence-corrected chi connectivity index (χ2v) is 7.31. The van der Waals surface area contributed by atoms with Gasteiger partial charge in [-0.2, -0.15) is 0 Å². The van der Waals surface area contributed by atoms with Crippen molar-refractivity contribution in [1.29, 1.82) is 0 Å². The highest BCUT2D eigenvalue weighted by atomic mass is 16.2. The number of likely N-dealkylation sites (tertiary alicyclic amines) is 1. The van der Waals surface area contributed by atoms with Crippen molar-refractivity contribution in [2.75, 3.05) is 24.5 Å². The van der Waals surface area contributed by atoms with Crippen LogP contribution >= 0.6 is 0 Å². The number of hydrogen-bond donors (Lipinski definition) is 0. The third kappa shape index (κ3) is 3.26. The van der Waals surface area contributed by atoms with Crippen LogP contribution in [-0.2, 0) is 6.42 Å². The summed E-state index contributed by atoms with van der Waals surface area (Å²) in [5, 5.41) is 0. The van der Waals surface area contributed by atoms with Gasteiger partial charge in [-0.05, 0) is 49.3 Å². The van der Waals surface area contributed by atoms with Crippen LogP contribution in [0.5, 0.6) is 0 Å². The summed E-state index contributed by atoms with van der Waals surface area (Å²) >= 11 is 0. The predicted molar refractivity (Wildman–Crippen MR) is 100 cm³/mol. The molecule has 4 nitrogen and oxygen atoms in total. The number of para-hydroxylation sites is 1. The van der Waals surface area contributed by atoms with E-state index in [4.69, 9.17) is 0 Å². The van der Waals surface area contributed by atoms with Crippen LogP contribution in [0.3, 0.4) is 0 Å². The van der Waals surface area contributed by atoms with Crippen LogP contribution in [0.1, 0.15) is 42.1 Å². The molecule has 1 amide bonds. The first kappa shape index (κ1) is 16.1. The van der Waals surface area contributed by atoms with Crippen LogP contribution in [0.2, 0.25) is 0 Å². The zero-order valence-electron chi connectivity index (χ0n) is 14.8. The summed E-state index contributed by atoms with van der Waals surface area (Å²) in [6, 6.07) is 10.5. The van der Waals surface area contributed by atoms with Gasteiger partial charge >= 0.3 is 0 Å². The number of rotatable bonds is 2. The number of carbonyl (C=O) groups excluding carboxylic acids is 1. The quantitative estimate of drug-likeness (QED) is 0.831. The number of aryl methyl sites for hydroxylation is 1. The van der Waals surface area contributed by atoms with E-state index >= 15 is 0 Å². The third-order valence-corrected chi connectivity index (χ3v) is 5.34. The number of benzene rings is 1. The number of nitrogens with zero attached hydrogens (tertiary/aromatic N) is 3. The van der Waals surface area contributed by atoms with Gasteiger partial charge in [-0.15, -0.1) is 0 Å². The lowest BCUT2D eigenvalue weighted by Crippen LogP contribution is -2.39. The average Bonchev–Trinajstić information content (AvgIpc) is 2.67. The van der Waals surface area contributed by atoms with Gasteiger partial charge in [-0.1, -0.05) is 25.1 Å². The molecule has 0 N–H and O–H groups in total. The van der Waals surface area contributed by atoms with E-state index in [-0.39, 0.29) is 5.91 Å². The number of amides is 1. The van der Waals surface area contributed by atoms with E-state index < -0.39 is 0 Å². The molecule has 1 aromatic heterocycles. The van der Waals surface area contributed by atoms with Crippen LogP contribution in [0.4, 0.5) is 11.4 Å². The Kier molecular flexibility index (Phi) is 4.43. The number of pyridine rings is 1. The Bertz CT molecular complexity index is 773. The summed E-state index contributed by atoms with van der Waals surface area (Å²) in [6.45, 7) is 4.91. The summed E-state index contributed by atoms with van der Waals surface area (Å²) in [6.07, 6.45) is 8.13. The molecule has 4 rings (SSSR count). The molecule has 1 aromatic carbocycles. The minimum absolute atomic E-state index is 0.117. The average molecular weight is 335 g/mol. The maximum absolute atomic E-state index is 12.9. The molecule has 0 bridgehead atoms. The fraction of sp³-hybridized carbons (Fsp3) is 0.429. The molecule has 0 spiro atoms. The first-order chi connectivity index (χ1) is 12.2. The smallest absolute Gasteiger partial charge is 0.255 e. The highest BCUT2D eigenvalue weighted by Crippen LogP contribution is 2.33. The lowest BCUT2D eigenvalue weighted by molar-refractivity contribution is 0.0682. The molecule has 1 saturated heterocycles. The molecular weight excluding hydrogens is 310 g/mol. The molecule has 0 radical (unpaired) electrons. The topological polar surface area (TPSA) is 36.4 Å². The van der Waals surface area contributed by atoms with Crippen molar-refractivity contribution in [2.24, 2.45) is 5.92 Å². The van der Waals surface area contributed by atoms with Gasteiger partial charge in [0.15, 0.2) is 0 Å². The van der Waals surface area contributed by atoms with E-state index in [0.29, 0.717) is 11.5 Å². The van der Waals surface area contributed by atoms with E-state index in [1.54, 1.807) is 6.20 Å². The Labute approximate surface area is 149 Å². The molecule has 3 heterocycles. The Morgan fingerprint density at radius 1 is 1.16 bits per heavy atom. The molecular formula is C21H25N3O. The highest BCUT2D eigenvalue weighted by Gasteiger charge is 2.24. The largest absolute Gasteiger partial charge is 0.340 e. The molecule has 4 heteroatoms. The van der Waals surface area contributed by atoms with Crippen molar-refractivity contribution in [3.05, 3.63) is 53.9 Å². The van der Waals surface area contributed by atoms with E-state index in [1.165, 1.54) is 17.7 Å². The van der Waals surface area contributed by atoms with Crippen LogP contribution in [-0.4, -0.2) is 35.4 Å². The van der Waals surface area contributed by atoms with Crippen LogP contribution < -0.4 is 4.90 Å². The minimum Gasteiger partial charge on any atom is -0.340 e. The van der Waals surface area contributed by atoms with Gasteiger partial charge in [0.1, 0.15) is 0 Å². The maximum Gasteiger partial charge on any atom is 0.255 e. The summed E-state index contributed by atoms with van der Waals surface area (Å²) < 4.78 is 0. The number of aromatic nitrogens is 1. The van der Waals surface area contributed by atoms with Crippen molar-refractivity contribution in [3.8, 4) is 0 Å². The van der Waals surface area contributed by atoms with Gasteiger partial charge in [0.25, 0.3) is 5.91 Å². The Hall–Kier alpha value is -2.36. The lowest BCUT2D eigenvalue weighted by Gasteiger charge is -2.32. The first-order valence-corrected chi connectivity index (χ1v) is 9.32. The molecule has 2 aliphatic heterocycles. The summed E-state index contributed by atoms with van der Waals surface area (Å²) in [7, 11) is 0. The monoisotopic (exact) mass is 335 g/mol. The van der Waals surface area contributed by atoms with Crippen molar-refractivity contribution in [2.45, 2.75) is 32.6 Å². The molecule has 2 aliphatic rings. The fourth-order valence-electron chi connectivity index (χ4n) is 4.05. The van der Waals surface area contributed by atoms with E-state index in [2.05, 4.69) is 41.1 Å². The molecule has 0 aliphatic carbocycles. The second kappa shape index (κ2) is 6.87. The third-order valence-electron chi connectivity index (χ3n) is 5.34. The maximum atomic E-state index is 12.9. The van der Waals surface area contributed by atoms with Gasteiger partial charge in [0.2, 0.25) is 0 Å². The Morgan fingerprint density at radius 2 is 2.04 bits per heavy atom. The predicted octanol–water partition coefficient (Wildman–Crippen LogP) is 4.04. The molecule has 25 heavy (non-hydrogen) atoms. The van der Waals surface area contributed by atoms with Gasteiger partial charge in [-0.25, -0.2) is 0 Å². The lowest BCUT2D eigenvalue weighted by atomic mass is 9.99.